The molecule has 0 aliphatic rings. The van der Waals surface area contributed by atoms with E-state index in [9.17, 15) is 4.79 Å². The van der Waals surface area contributed by atoms with Crippen LogP contribution in [0.3, 0.4) is 0 Å². The molecule has 0 radical (unpaired) electrons. The van der Waals surface area contributed by atoms with E-state index in [0.29, 0.717) is 6.54 Å². The Labute approximate surface area is 155 Å². The summed E-state index contributed by atoms with van der Waals surface area (Å²) in [5.74, 6) is -0.0355. The van der Waals surface area contributed by atoms with Crippen molar-refractivity contribution in [3.05, 3.63) is 59.1 Å². The number of amides is 1. The molecular weight excluding hydrogens is 334 g/mol. The molecule has 0 spiro atoms. The third kappa shape index (κ3) is 6.40. The van der Waals surface area contributed by atoms with Gasteiger partial charge in [0.15, 0.2) is 0 Å². The summed E-state index contributed by atoms with van der Waals surface area (Å²) in [5, 5.41) is 6.81. The van der Waals surface area contributed by atoms with Gasteiger partial charge < -0.3 is 15.5 Å². The lowest BCUT2D eigenvalue weighted by atomic mass is 10.1. The fraction of sp³-hybridized carbons (Fsp3) is 0.350. The second-order valence-corrected chi connectivity index (χ2v) is 6.26. The number of rotatable bonds is 9. The van der Waals surface area contributed by atoms with E-state index in [2.05, 4.69) is 29.4 Å². The van der Waals surface area contributed by atoms with Gasteiger partial charge in [0.05, 0.1) is 6.54 Å². The van der Waals surface area contributed by atoms with Crippen molar-refractivity contribution in [2.45, 2.75) is 20.3 Å². The predicted octanol–water partition coefficient (Wildman–Crippen LogP) is 3.96. The molecule has 25 heavy (non-hydrogen) atoms. The Balaban J connectivity index is 1.72. The number of nitrogens with one attached hydrogen (secondary N) is 2. The first-order valence-corrected chi connectivity index (χ1v) is 9.10. The van der Waals surface area contributed by atoms with Crippen molar-refractivity contribution in [1.29, 1.82) is 0 Å². The third-order valence-electron chi connectivity index (χ3n) is 4.07. The lowest BCUT2D eigenvalue weighted by molar-refractivity contribution is -0.115. The molecule has 2 rings (SSSR count). The van der Waals surface area contributed by atoms with Crippen molar-refractivity contribution in [3.63, 3.8) is 0 Å². The number of anilines is 2. The van der Waals surface area contributed by atoms with Crippen molar-refractivity contribution in [2.24, 2.45) is 0 Å². The standard InChI is InChI=1S/C20H26ClN3O/c1-3-24(4-2)19-11-9-18(10-12-19)23-20(25)15-22-14-13-16-5-7-17(21)8-6-16/h5-12,22H,3-4,13-15H2,1-2H3,(H,23,25). The molecule has 0 heterocycles. The first-order chi connectivity index (χ1) is 12.1. The molecule has 5 heteroatoms. The summed E-state index contributed by atoms with van der Waals surface area (Å²) in [7, 11) is 0. The van der Waals surface area contributed by atoms with Gasteiger partial charge >= 0.3 is 0 Å². The number of carbonyl (C=O) groups excluding carboxylic acids is 1. The topological polar surface area (TPSA) is 44.4 Å². The average molecular weight is 360 g/mol. The van der Waals surface area contributed by atoms with E-state index in [1.807, 2.05) is 48.5 Å². The van der Waals surface area contributed by atoms with E-state index in [4.69, 9.17) is 11.6 Å². The molecule has 0 fully saturated rings. The van der Waals surface area contributed by atoms with E-state index in [0.717, 1.165) is 36.8 Å². The van der Waals surface area contributed by atoms with Crippen molar-refractivity contribution < 1.29 is 4.79 Å². The Morgan fingerprint density at radius 2 is 1.64 bits per heavy atom. The van der Waals surface area contributed by atoms with Gasteiger partial charge in [0, 0.05) is 29.5 Å². The fourth-order valence-electron chi connectivity index (χ4n) is 2.64. The quantitative estimate of drug-likeness (QED) is 0.666. The van der Waals surface area contributed by atoms with E-state index < -0.39 is 0 Å². The van der Waals surface area contributed by atoms with Crippen LogP contribution in [0.25, 0.3) is 0 Å². The van der Waals surface area contributed by atoms with Crippen LogP contribution >= 0.6 is 11.6 Å². The molecule has 0 saturated heterocycles. The summed E-state index contributed by atoms with van der Waals surface area (Å²) < 4.78 is 0. The van der Waals surface area contributed by atoms with Crippen LogP contribution in [0.1, 0.15) is 19.4 Å². The Bertz CT molecular complexity index is 652. The van der Waals surface area contributed by atoms with Gasteiger partial charge in [-0.1, -0.05) is 23.7 Å². The van der Waals surface area contributed by atoms with E-state index in [1.165, 1.54) is 11.3 Å². The normalized spacial score (nSPS) is 10.5. The van der Waals surface area contributed by atoms with Gasteiger partial charge in [0.2, 0.25) is 5.91 Å². The summed E-state index contributed by atoms with van der Waals surface area (Å²) in [6.45, 7) is 7.25. The molecule has 0 aliphatic heterocycles. The molecule has 1 amide bonds. The van der Waals surface area contributed by atoms with E-state index >= 15 is 0 Å². The van der Waals surface area contributed by atoms with Crippen molar-refractivity contribution >= 4 is 28.9 Å². The molecule has 0 unspecified atom stereocenters. The van der Waals surface area contributed by atoms with Crippen molar-refractivity contribution in [1.82, 2.24) is 5.32 Å². The summed E-state index contributed by atoms with van der Waals surface area (Å²) in [5.41, 5.74) is 3.19. The molecule has 2 aromatic carbocycles. The van der Waals surface area contributed by atoms with Crippen LogP contribution in [-0.4, -0.2) is 32.1 Å². The van der Waals surface area contributed by atoms with E-state index in [-0.39, 0.29) is 5.91 Å². The third-order valence-corrected chi connectivity index (χ3v) is 4.32. The van der Waals surface area contributed by atoms with Gasteiger partial charge in [0.25, 0.3) is 0 Å². The Morgan fingerprint density at radius 1 is 1.00 bits per heavy atom. The molecule has 2 N–H and O–H groups in total. The van der Waals surface area contributed by atoms with Gasteiger partial charge in [-0.2, -0.15) is 0 Å². The molecule has 0 bridgehead atoms. The Kier molecular flexibility index (Phi) is 7.76. The molecule has 4 nitrogen and oxygen atoms in total. The summed E-state index contributed by atoms with van der Waals surface area (Å²) in [6, 6.07) is 15.7. The second-order valence-electron chi connectivity index (χ2n) is 5.82. The molecule has 0 saturated carbocycles. The van der Waals surface area contributed by atoms with Gasteiger partial charge in [-0.25, -0.2) is 0 Å². The number of halogens is 1. The van der Waals surface area contributed by atoms with Crippen LogP contribution in [0.2, 0.25) is 5.02 Å². The van der Waals surface area contributed by atoms with Crippen LogP contribution < -0.4 is 15.5 Å². The van der Waals surface area contributed by atoms with Crippen LogP contribution in [0.15, 0.2) is 48.5 Å². The summed E-state index contributed by atoms with van der Waals surface area (Å²) >= 11 is 5.86. The first-order valence-electron chi connectivity index (χ1n) is 8.72. The largest absolute Gasteiger partial charge is 0.372 e. The molecule has 0 aliphatic carbocycles. The maximum absolute atomic E-state index is 12.0. The smallest absolute Gasteiger partial charge is 0.238 e. The molecule has 0 aromatic heterocycles. The van der Waals surface area contributed by atoms with E-state index in [1.54, 1.807) is 0 Å². The molecule has 134 valence electrons. The van der Waals surface area contributed by atoms with Gasteiger partial charge in [-0.05, 0) is 68.8 Å². The van der Waals surface area contributed by atoms with Crippen molar-refractivity contribution in [2.75, 3.05) is 36.4 Å². The predicted molar refractivity (Wildman–Crippen MR) is 107 cm³/mol. The molecule has 0 atom stereocenters. The minimum absolute atomic E-state index is 0.0355. The van der Waals surface area contributed by atoms with Crippen LogP contribution in [0.5, 0.6) is 0 Å². The molecule has 2 aromatic rings. The number of hydrogen-bond donors (Lipinski definition) is 2. The summed E-state index contributed by atoms with van der Waals surface area (Å²) in [4.78, 5) is 14.3. The zero-order valence-electron chi connectivity index (χ0n) is 14.9. The van der Waals surface area contributed by atoms with Crippen molar-refractivity contribution in [3.8, 4) is 0 Å². The number of benzene rings is 2. The second kappa shape index (κ2) is 10.1. The fourth-order valence-corrected chi connectivity index (χ4v) is 2.76. The van der Waals surface area contributed by atoms with Gasteiger partial charge in [-0.3, -0.25) is 4.79 Å². The highest BCUT2D eigenvalue weighted by Crippen LogP contribution is 2.17. The average Bonchev–Trinajstić information content (AvgIpc) is 2.63. The minimum atomic E-state index is -0.0355. The number of carbonyl (C=O) groups is 1. The van der Waals surface area contributed by atoms with Crippen LogP contribution in [0, 0.1) is 0 Å². The number of hydrogen-bond acceptors (Lipinski definition) is 3. The monoisotopic (exact) mass is 359 g/mol. The van der Waals surface area contributed by atoms with Crippen LogP contribution in [0.4, 0.5) is 11.4 Å². The highest BCUT2D eigenvalue weighted by molar-refractivity contribution is 6.30. The number of nitrogens with zero attached hydrogens (tertiary/aromatic N) is 1. The summed E-state index contributed by atoms with van der Waals surface area (Å²) in [6.07, 6.45) is 0.864. The minimum Gasteiger partial charge on any atom is -0.372 e. The molecular formula is C20H26ClN3O. The highest BCUT2D eigenvalue weighted by Gasteiger charge is 2.04. The lowest BCUT2D eigenvalue weighted by Gasteiger charge is -2.21. The SMILES string of the molecule is CCN(CC)c1ccc(NC(=O)CNCCc2ccc(Cl)cc2)cc1. The first kappa shape index (κ1) is 19.3. The zero-order valence-corrected chi connectivity index (χ0v) is 15.6. The highest BCUT2D eigenvalue weighted by atomic mass is 35.5. The zero-order chi connectivity index (χ0) is 18.1. The maximum Gasteiger partial charge on any atom is 0.238 e. The maximum atomic E-state index is 12.0. The van der Waals surface area contributed by atoms with Gasteiger partial charge in [0.1, 0.15) is 0 Å². The van der Waals surface area contributed by atoms with Crippen LogP contribution in [-0.2, 0) is 11.2 Å². The lowest BCUT2D eigenvalue weighted by Crippen LogP contribution is -2.29. The van der Waals surface area contributed by atoms with Gasteiger partial charge in [-0.15, -0.1) is 0 Å². The Morgan fingerprint density at radius 3 is 2.24 bits per heavy atom. The Hall–Kier alpha value is -2.04.